The maximum Gasteiger partial charge on any atom is 0.266 e. The van der Waals surface area contributed by atoms with Gasteiger partial charge in [0.05, 0.1) is 12.2 Å². The second-order valence-corrected chi connectivity index (χ2v) is 5.97. The molecule has 1 heterocycles. The highest BCUT2D eigenvalue weighted by Gasteiger charge is 2.27. The van der Waals surface area contributed by atoms with Crippen LogP contribution in [0.4, 0.5) is 0 Å². The summed E-state index contributed by atoms with van der Waals surface area (Å²) in [6, 6.07) is 2.01. The highest BCUT2D eigenvalue weighted by atomic mass is 16.5. The van der Waals surface area contributed by atoms with Gasteiger partial charge in [-0.05, 0) is 39.9 Å². The van der Waals surface area contributed by atoms with Gasteiger partial charge in [0, 0.05) is 25.8 Å². The predicted molar refractivity (Wildman–Crippen MR) is 90.7 cm³/mol. The number of hydrogen-bond acceptors (Lipinski definition) is 5. The Kier molecular flexibility index (Phi) is 8.67. The molecule has 1 rings (SSSR count). The SMILES string of the molecule is CCN(CC)CCCN/C=C(/C#N)C(=O)N1CC(C)OC(C)C1. The lowest BCUT2D eigenvalue weighted by Crippen LogP contribution is -2.48. The molecular weight excluding hydrogens is 292 g/mol. The Bertz CT molecular complexity index is 430. The molecule has 0 spiro atoms. The van der Waals surface area contributed by atoms with Gasteiger partial charge in [0.1, 0.15) is 11.6 Å². The molecular formula is C17H30N4O2. The van der Waals surface area contributed by atoms with Gasteiger partial charge in [-0.1, -0.05) is 13.8 Å². The number of rotatable bonds is 8. The van der Waals surface area contributed by atoms with Crippen LogP contribution in [0, 0.1) is 11.3 Å². The third kappa shape index (κ3) is 6.59. The molecule has 23 heavy (non-hydrogen) atoms. The molecule has 6 nitrogen and oxygen atoms in total. The van der Waals surface area contributed by atoms with E-state index in [1.54, 1.807) is 11.1 Å². The maximum atomic E-state index is 12.4. The van der Waals surface area contributed by atoms with Gasteiger partial charge in [-0.15, -0.1) is 0 Å². The molecule has 0 aromatic heterocycles. The van der Waals surface area contributed by atoms with Crippen LogP contribution in [-0.2, 0) is 9.53 Å². The fourth-order valence-electron chi connectivity index (χ4n) is 2.77. The Labute approximate surface area is 140 Å². The summed E-state index contributed by atoms with van der Waals surface area (Å²) < 4.78 is 5.62. The normalized spacial score (nSPS) is 22.1. The first-order chi connectivity index (χ1) is 11.0. The summed E-state index contributed by atoms with van der Waals surface area (Å²) in [5.41, 5.74) is 0.161. The van der Waals surface area contributed by atoms with E-state index in [4.69, 9.17) is 4.74 Å². The number of nitrogens with one attached hydrogen (secondary N) is 1. The van der Waals surface area contributed by atoms with Crippen molar-refractivity contribution < 1.29 is 9.53 Å². The van der Waals surface area contributed by atoms with Gasteiger partial charge in [-0.2, -0.15) is 5.26 Å². The number of carbonyl (C=O) groups excluding carboxylic acids is 1. The summed E-state index contributed by atoms with van der Waals surface area (Å²) in [6.45, 7) is 13.1. The van der Waals surface area contributed by atoms with E-state index in [2.05, 4.69) is 24.1 Å². The van der Waals surface area contributed by atoms with Crippen LogP contribution in [-0.4, -0.2) is 67.2 Å². The zero-order chi connectivity index (χ0) is 17.2. The highest BCUT2D eigenvalue weighted by molar-refractivity contribution is 5.97. The van der Waals surface area contributed by atoms with Crippen LogP contribution in [0.15, 0.2) is 11.8 Å². The summed E-state index contributed by atoms with van der Waals surface area (Å²) in [5, 5.41) is 12.3. The van der Waals surface area contributed by atoms with E-state index < -0.39 is 0 Å². The van der Waals surface area contributed by atoms with Gasteiger partial charge < -0.3 is 19.9 Å². The van der Waals surface area contributed by atoms with Crippen molar-refractivity contribution in [3.63, 3.8) is 0 Å². The third-order valence-corrected chi connectivity index (χ3v) is 3.99. The fourth-order valence-corrected chi connectivity index (χ4v) is 2.77. The van der Waals surface area contributed by atoms with E-state index in [1.165, 1.54) is 0 Å². The molecule has 1 saturated heterocycles. The lowest BCUT2D eigenvalue weighted by molar-refractivity contribution is -0.138. The van der Waals surface area contributed by atoms with Gasteiger partial charge in [0.25, 0.3) is 5.91 Å². The van der Waals surface area contributed by atoms with E-state index in [9.17, 15) is 10.1 Å². The number of amides is 1. The smallest absolute Gasteiger partial charge is 0.266 e. The Morgan fingerprint density at radius 1 is 1.35 bits per heavy atom. The topological polar surface area (TPSA) is 68.6 Å². The molecule has 0 aromatic rings. The third-order valence-electron chi connectivity index (χ3n) is 3.99. The first-order valence-electron chi connectivity index (χ1n) is 8.52. The molecule has 1 N–H and O–H groups in total. The average molecular weight is 322 g/mol. The minimum atomic E-state index is -0.217. The number of hydrogen-bond donors (Lipinski definition) is 1. The van der Waals surface area contributed by atoms with Crippen LogP contribution in [0.3, 0.4) is 0 Å². The van der Waals surface area contributed by atoms with E-state index in [0.717, 1.165) is 32.6 Å². The summed E-state index contributed by atoms with van der Waals surface area (Å²) in [4.78, 5) is 16.5. The lowest BCUT2D eigenvalue weighted by atomic mass is 10.2. The number of ether oxygens (including phenoxy) is 1. The molecule has 2 unspecified atom stereocenters. The molecule has 1 amide bonds. The predicted octanol–water partition coefficient (Wildman–Crippen LogP) is 1.35. The molecule has 0 radical (unpaired) electrons. The molecule has 2 atom stereocenters. The number of nitrogens with zero attached hydrogens (tertiary/aromatic N) is 3. The molecule has 130 valence electrons. The zero-order valence-electron chi connectivity index (χ0n) is 14.8. The van der Waals surface area contributed by atoms with Crippen LogP contribution in [0.1, 0.15) is 34.1 Å². The minimum Gasteiger partial charge on any atom is -0.390 e. The summed E-state index contributed by atoms with van der Waals surface area (Å²) in [6.07, 6.45) is 2.54. The maximum absolute atomic E-state index is 12.4. The van der Waals surface area contributed by atoms with Crippen molar-refractivity contribution in [1.82, 2.24) is 15.1 Å². The fraction of sp³-hybridized carbons (Fsp3) is 0.765. The van der Waals surface area contributed by atoms with Crippen molar-refractivity contribution in [2.45, 2.75) is 46.3 Å². The average Bonchev–Trinajstić information content (AvgIpc) is 2.53. The quantitative estimate of drug-likeness (QED) is 0.415. The number of morpholine rings is 1. The van der Waals surface area contributed by atoms with Crippen molar-refractivity contribution in [3.05, 3.63) is 11.8 Å². The molecule has 0 saturated carbocycles. The van der Waals surface area contributed by atoms with E-state index >= 15 is 0 Å². The summed E-state index contributed by atoms with van der Waals surface area (Å²) >= 11 is 0. The number of carbonyl (C=O) groups is 1. The van der Waals surface area contributed by atoms with Gasteiger partial charge in [-0.25, -0.2) is 0 Å². The molecule has 1 fully saturated rings. The first-order valence-corrected chi connectivity index (χ1v) is 8.52. The van der Waals surface area contributed by atoms with Gasteiger partial charge in [-0.3, -0.25) is 4.79 Å². The molecule has 1 aliphatic rings. The number of nitriles is 1. The Morgan fingerprint density at radius 2 is 1.96 bits per heavy atom. The summed E-state index contributed by atoms with van der Waals surface area (Å²) in [7, 11) is 0. The van der Waals surface area contributed by atoms with Crippen molar-refractivity contribution in [1.29, 1.82) is 5.26 Å². The standard InChI is InChI=1S/C17H30N4O2/c1-5-20(6-2)9-7-8-19-11-16(10-18)17(22)21-12-14(3)23-15(4)13-21/h11,14-15,19H,5-9,12-13H2,1-4H3/b16-11-. The minimum absolute atomic E-state index is 0.00433. The zero-order valence-corrected chi connectivity index (χ0v) is 14.8. The van der Waals surface area contributed by atoms with Crippen molar-refractivity contribution in [2.75, 3.05) is 39.3 Å². The molecule has 6 heteroatoms. The Hall–Kier alpha value is -1.58. The largest absolute Gasteiger partial charge is 0.390 e. The van der Waals surface area contributed by atoms with Crippen LogP contribution in [0.5, 0.6) is 0 Å². The van der Waals surface area contributed by atoms with Crippen molar-refractivity contribution in [2.24, 2.45) is 0 Å². The highest BCUT2D eigenvalue weighted by Crippen LogP contribution is 2.13. The summed E-state index contributed by atoms with van der Waals surface area (Å²) in [5.74, 6) is -0.217. The molecule has 1 aliphatic heterocycles. The van der Waals surface area contributed by atoms with Crippen LogP contribution in [0.2, 0.25) is 0 Å². The Balaban J connectivity index is 2.45. The molecule has 0 aliphatic carbocycles. The van der Waals surface area contributed by atoms with Gasteiger partial charge in [0.15, 0.2) is 0 Å². The Morgan fingerprint density at radius 3 is 2.48 bits per heavy atom. The second-order valence-electron chi connectivity index (χ2n) is 5.97. The van der Waals surface area contributed by atoms with Gasteiger partial charge in [0.2, 0.25) is 0 Å². The van der Waals surface area contributed by atoms with Crippen molar-refractivity contribution in [3.8, 4) is 6.07 Å². The van der Waals surface area contributed by atoms with Gasteiger partial charge >= 0.3 is 0 Å². The van der Waals surface area contributed by atoms with E-state index in [1.807, 2.05) is 19.9 Å². The second kappa shape index (κ2) is 10.2. The lowest BCUT2D eigenvalue weighted by Gasteiger charge is -2.35. The van der Waals surface area contributed by atoms with Crippen LogP contribution in [0.25, 0.3) is 0 Å². The van der Waals surface area contributed by atoms with Crippen LogP contribution < -0.4 is 5.32 Å². The van der Waals surface area contributed by atoms with E-state index in [0.29, 0.717) is 13.1 Å². The van der Waals surface area contributed by atoms with Crippen LogP contribution >= 0.6 is 0 Å². The monoisotopic (exact) mass is 322 g/mol. The first kappa shape index (κ1) is 19.5. The molecule has 0 bridgehead atoms. The van der Waals surface area contributed by atoms with Crippen molar-refractivity contribution >= 4 is 5.91 Å². The molecule has 0 aromatic carbocycles. The van der Waals surface area contributed by atoms with E-state index in [-0.39, 0.29) is 23.7 Å².